The first-order chi connectivity index (χ1) is 8.56. The lowest BCUT2D eigenvalue weighted by atomic mass is 10.1. The van der Waals surface area contributed by atoms with Gasteiger partial charge in [-0.15, -0.1) is 0 Å². The minimum Gasteiger partial charge on any atom is -0.539 e. The summed E-state index contributed by atoms with van der Waals surface area (Å²) >= 11 is 0. The molecular weight excluding hydrogens is 261 g/mol. The summed E-state index contributed by atoms with van der Waals surface area (Å²) < 4.78 is 17.7. The second-order valence-corrected chi connectivity index (χ2v) is 4.68. The number of carboxylic acids is 1. The van der Waals surface area contributed by atoms with Crippen LogP contribution >= 0.6 is 0 Å². The molecule has 2 N–H and O–H groups in total. The Morgan fingerprint density at radius 3 is 2.26 bits per heavy atom. The normalized spacial score (nSPS) is 14.1. The van der Waals surface area contributed by atoms with Gasteiger partial charge in [0.1, 0.15) is 11.6 Å². The number of carboxylic acid groups (broad SMARTS) is 1. The molecule has 0 aliphatic carbocycles. The summed E-state index contributed by atoms with van der Waals surface area (Å²) in [6.45, 7) is 4.66. The number of rotatable bonds is 6. The zero-order valence-electron chi connectivity index (χ0n) is 10.7. The Kier molecular flexibility index (Phi) is 6.10. The van der Waals surface area contributed by atoms with E-state index in [0.29, 0.717) is 0 Å². The number of alkyl carbamates (subject to hydrolysis) is 1. The molecular formula is C11H15FNO6-. The van der Waals surface area contributed by atoms with Crippen molar-refractivity contribution >= 4 is 24.1 Å². The fourth-order valence-electron chi connectivity index (χ4n) is 1.08. The highest BCUT2D eigenvalue weighted by atomic mass is 19.1. The first-order valence-corrected chi connectivity index (χ1v) is 5.33. The van der Waals surface area contributed by atoms with E-state index >= 15 is 0 Å². The number of hydrogen-bond acceptors (Lipinski definition) is 5. The summed E-state index contributed by atoms with van der Waals surface area (Å²) in [5.74, 6) is -2.82. The van der Waals surface area contributed by atoms with Crippen LogP contribution in [0.25, 0.3) is 0 Å². The first kappa shape index (κ1) is 17.0. The molecule has 0 saturated carbocycles. The molecule has 0 heterocycles. The zero-order chi connectivity index (χ0) is 15.2. The fourth-order valence-corrected chi connectivity index (χ4v) is 1.08. The van der Waals surface area contributed by atoms with E-state index in [1.54, 1.807) is 20.8 Å². The zero-order valence-corrected chi connectivity index (χ0v) is 10.7. The number of carbonyl (C=O) groups is 3. The van der Waals surface area contributed by atoms with Gasteiger partial charge < -0.3 is 20.0 Å². The molecule has 2 atom stereocenters. The average Bonchev–Trinajstić information content (AvgIpc) is 2.22. The van der Waals surface area contributed by atoms with Crippen LogP contribution in [0.15, 0.2) is 0 Å². The Morgan fingerprint density at radius 2 is 1.89 bits per heavy atom. The van der Waals surface area contributed by atoms with Gasteiger partial charge in [0.2, 0.25) is 0 Å². The van der Waals surface area contributed by atoms with Gasteiger partial charge in [0.15, 0.2) is 5.78 Å². The largest absolute Gasteiger partial charge is 0.539 e. The van der Waals surface area contributed by atoms with Gasteiger partial charge in [0, 0.05) is 0 Å². The SMILES string of the molecule is CC(C)(C)OC(=O)N[C@@H](CC(=O)O)C(=O)C(F)[C-]=O. The minimum atomic E-state index is -2.61. The molecule has 1 unspecified atom stereocenters. The summed E-state index contributed by atoms with van der Waals surface area (Å²) in [5, 5.41) is 10.5. The van der Waals surface area contributed by atoms with Crippen LogP contribution in [0, 0.1) is 0 Å². The molecule has 8 heteroatoms. The Hall–Kier alpha value is -1.99. The summed E-state index contributed by atoms with van der Waals surface area (Å²) in [5.41, 5.74) is -0.868. The number of alkyl halides is 1. The first-order valence-electron chi connectivity index (χ1n) is 5.33. The number of nitrogens with one attached hydrogen (secondary N) is 1. The number of ketones is 1. The molecule has 0 aliphatic heterocycles. The van der Waals surface area contributed by atoms with Crippen LogP contribution in [0.1, 0.15) is 27.2 Å². The van der Waals surface area contributed by atoms with E-state index in [1.807, 2.05) is 5.32 Å². The number of Topliss-reactive ketones (excluding diaryl/α,β-unsaturated/α-hetero) is 1. The van der Waals surface area contributed by atoms with Gasteiger partial charge >= 0.3 is 12.1 Å². The third-order valence-electron chi connectivity index (χ3n) is 1.77. The van der Waals surface area contributed by atoms with Crippen molar-refractivity contribution in [3.8, 4) is 0 Å². The van der Waals surface area contributed by atoms with E-state index in [2.05, 4.69) is 0 Å². The van der Waals surface area contributed by atoms with Crippen molar-refractivity contribution in [2.24, 2.45) is 0 Å². The Balaban J connectivity index is 4.78. The van der Waals surface area contributed by atoms with Gasteiger partial charge in [-0.2, -0.15) is 0 Å². The molecule has 7 nitrogen and oxygen atoms in total. The minimum absolute atomic E-state index is 0.789. The van der Waals surface area contributed by atoms with Crippen LogP contribution in [0.2, 0.25) is 0 Å². The Labute approximate surface area is 109 Å². The lowest BCUT2D eigenvalue weighted by Crippen LogP contribution is -2.47. The van der Waals surface area contributed by atoms with E-state index in [4.69, 9.17) is 9.84 Å². The topological polar surface area (TPSA) is 110 Å². The molecule has 0 aromatic rings. The van der Waals surface area contributed by atoms with Gasteiger partial charge in [-0.05, 0) is 20.8 Å². The molecule has 1 amide bonds. The number of hydrogen-bond donors (Lipinski definition) is 2. The van der Waals surface area contributed by atoms with Crippen molar-refractivity contribution in [1.29, 1.82) is 0 Å². The van der Waals surface area contributed by atoms with E-state index in [1.165, 1.54) is 0 Å². The molecule has 0 aromatic carbocycles. The van der Waals surface area contributed by atoms with Gasteiger partial charge in [-0.3, -0.25) is 14.0 Å². The monoisotopic (exact) mass is 276 g/mol. The maximum atomic E-state index is 12.9. The smallest absolute Gasteiger partial charge is 0.408 e. The van der Waals surface area contributed by atoms with Gasteiger partial charge in [-0.25, -0.2) is 11.1 Å². The molecule has 108 valence electrons. The number of ether oxygens (including phenoxy) is 1. The summed E-state index contributed by atoms with van der Waals surface area (Å²) in [4.78, 5) is 43.3. The second-order valence-electron chi connectivity index (χ2n) is 4.68. The number of carbonyl (C=O) groups excluding carboxylic acids is 3. The summed E-state index contributed by atoms with van der Waals surface area (Å²) in [7, 11) is 0. The number of aliphatic carboxylic acids is 1. The van der Waals surface area contributed by atoms with E-state index in [9.17, 15) is 23.6 Å². The van der Waals surface area contributed by atoms with E-state index < -0.39 is 42.1 Å². The highest BCUT2D eigenvalue weighted by Gasteiger charge is 2.27. The molecule has 0 saturated heterocycles. The van der Waals surface area contributed by atoms with Crippen LogP contribution in [0.5, 0.6) is 0 Å². The van der Waals surface area contributed by atoms with Crippen LogP contribution in [-0.4, -0.2) is 47.1 Å². The van der Waals surface area contributed by atoms with Gasteiger partial charge in [-0.1, -0.05) is 0 Å². The summed E-state index contributed by atoms with van der Waals surface area (Å²) in [6, 6.07) is -1.69. The van der Waals surface area contributed by atoms with Crippen LogP contribution in [-0.2, 0) is 19.1 Å². The lowest BCUT2D eigenvalue weighted by molar-refractivity contribution is -0.139. The highest BCUT2D eigenvalue weighted by Crippen LogP contribution is 2.08. The lowest BCUT2D eigenvalue weighted by Gasteiger charge is -2.23. The maximum Gasteiger partial charge on any atom is 0.408 e. The average molecular weight is 276 g/mol. The van der Waals surface area contributed by atoms with Crippen molar-refractivity contribution in [2.45, 2.75) is 45.0 Å². The fraction of sp³-hybridized carbons (Fsp3) is 0.636. The quantitative estimate of drug-likeness (QED) is 0.536. The maximum absolute atomic E-state index is 12.9. The summed E-state index contributed by atoms with van der Waals surface area (Å²) in [6.07, 6.45) is -3.76. The standard InChI is InChI=1S/C11H15FNO6/c1-11(2,3)19-10(18)13-7(4-8(15)16)9(17)6(12)5-14/h6-7H,4H2,1-3H3,(H,13,18)(H,15,16)/q-1/t6?,7-/m0/s1. The van der Waals surface area contributed by atoms with Crippen molar-refractivity contribution in [3.63, 3.8) is 0 Å². The number of amides is 1. The molecule has 0 aliphatic rings. The molecule has 0 rings (SSSR count). The Bertz CT molecular complexity index is 376. The van der Waals surface area contributed by atoms with Crippen molar-refractivity contribution in [1.82, 2.24) is 5.32 Å². The van der Waals surface area contributed by atoms with E-state index in [-0.39, 0.29) is 0 Å². The third kappa shape index (κ3) is 7.12. The molecule has 0 aromatic heterocycles. The van der Waals surface area contributed by atoms with Crippen molar-refractivity contribution in [3.05, 3.63) is 0 Å². The highest BCUT2D eigenvalue weighted by molar-refractivity contribution is 6.02. The third-order valence-corrected chi connectivity index (χ3v) is 1.77. The number of halogens is 1. The Morgan fingerprint density at radius 1 is 1.37 bits per heavy atom. The van der Waals surface area contributed by atoms with Crippen LogP contribution in [0.4, 0.5) is 9.18 Å². The van der Waals surface area contributed by atoms with E-state index in [0.717, 1.165) is 6.29 Å². The molecule has 0 radical (unpaired) electrons. The predicted octanol–water partition coefficient (Wildman–Crippen LogP) is 0.371. The molecule has 0 fully saturated rings. The predicted molar refractivity (Wildman–Crippen MR) is 61.0 cm³/mol. The van der Waals surface area contributed by atoms with Crippen LogP contribution in [0.3, 0.4) is 0 Å². The van der Waals surface area contributed by atoms with Crippen molar-refractivity contribution in [2.75, 3.05) is 0 Å². The van der Waals surface area contributed by atoms with Gasteiger partial charge in [0.25, 0.3) is 0 Å². The molecule has 0 bridgehead atoms. The van der Waals surface area contributed by atoms with Crippen molar-refractivity contribution < 1.29 is 33.4 Å². The van der Waals surface area contributed by atoms with Crippen LogP contribution < -0.4 is 5.32 Å². The molecule has 0 spiro atoms. The molecule has 19 heavy (non-hydrogen) atoms. The second kappa shape index (κ2) is 6.81. The van der Waals surface area contributed by atoms with Gasteiger partial charge in [0.05, 0.1) is 12.6 Å².